The van der Waals surface area contributed by atoms with Crippen LogP contribution in [0.1, 0.15) is 41.5 Å². The fourth-order valence-electron chi connectivity index (χ4n) is 0.0962. The van der Waals surface area contributed by atoms with E-state index in [2.05, 4.69) is 6.08 Å². The summed E-state index contributed by atoms with van der Waals surface area (Å²) >= 11 is 0. The molecule has 0 amide bonds. The first-order chi connectivity index (χ1) is 6.68. The normalized spacial score (nSPS) is 5.62. The minimum absolute atomic E-state index is 0. The topological polar surface area (TPSA) is 0 Å². The van der Waals surface area contributed by atoms with Crippen molar-refractivity contribution in [3.63, 3.8) is 0 Å². The maximum absolute atomic E-state index is 5.03. The summed E-state index contributed by atoms with van der Waals surface area (Å²) in [6, 6.07) is 0. The summed E-state index contributed by atoms with van der Waals surface area (Å²) < 4.78 is 0. The van der Waals surface area contributed by atoms with Crippen molar-refractivity contribution in [3.05, 3.63) is 49.6 Å². The van der Waals surface area contributed by atoms with Crippen LogP contribution >= 0.6 is 0 Å². The standard InChI is InChI=1S/2C5H6.2C2H6.2W/c1-4-5(2)3;1-3-5-4-2;2*1-2;;/h1-2,4H,3H3;1,3,5H,2H3;2*1-2H3;;/q2*-2;;;2*+2. The number of allylic oxidation sites excluding steroid dienone is 5. The third-order valence-corrected chi connectivity index (χ3v) is 0.526. The summed E-state index contributed by atoms with van der Waals surface area (Å²) in [7, 11) is 0. The van der Waals surface area contributed by atoms with Gasteiger partial charge in [-0.15, -0.1) is 13.8 Å². The van der Waals surface area contributed by atoms with E-state index < -0.39 is 0 Å². The van der Waals surface area contributed by atoms with E-state index in [1.54, 1.807) is 19.9 Å². The molecule has 0 aliphatic heterocycles. The predicted molar refractivity (Wildman–Crippen MR) is 67.4 cm³/mol. The smallest absolute Gasteiger partial charge is 0.394 e. The fourth-order valence-corrected chi connectivity index (χ4v) is 0.0962. The number of rotatable bonds is 2. The Morgan fingerprint density at radius 2 is 1.25 bits per heavy atom. The fraction of sp³-hybridized carbons (Fsp3) is 0.429. The molecule has 16 heavy (non-hydrogen) atoms. The van der Waals surface area contributed by atoms with Gasteiger partial charge >= 0.3 is 42.1 Å². The van der Waals surface area contributed by atoms with Gasteiger partial charge in [0.1, 0.15) is 0 Å². The molecule has 0 aromatic heterocycles. The Hall–Kier alpha value is 0.337. The molecule has 0 aliphatic carbocycles. The van der Waals surface area contributed by atoms with Crippen molar-refractivity contribution >= 4 is 0 Å². The maximum atomic E-state index is 5.03. The molecule has 92 valence electrons. The molecule has 0 saturated heterocycles. The Labute approximate surface area is 133 Å². The second-order valence-electron chi connectivity index (χ2n) is 1.56. The van der Waals surface area contributed by atoms with E-state index in [9.17, 15) is 0 Å². The molecule has 0 rings (SSSR count). The molecular formula is C14H24W2. The first-order valence-corrected chi connectivity index (χ1v) is 4.87. The molecule has 0 spiro atoms. The van der Waals surface area contributed by atoms with Crippen molar-refractivity contribution in [2.75, 3.05) is 0 Å². The molecule has 0 aliphatic rings. The molecule has 2 heteroatoms. The Kier molecular flexibility index (Phi) is 132. The zero-order chi connectivity index (χ0) is 12.4. The molecule has 0 aromatic rings. The van der Waals surface area contributed by atoms with Gasteiger partial charge in [-0.3, -0.25) is 0 Å². The molecule has 0 radical (unpaired) electrons. The van der Waals surface area contributed by atoms with E-state index >= 15 is 0 Å². The van der Waals surface area contributed by atoms with Gasteiger partial charge in [0.2, 0.25) is 0 Å². The van der Waals surface area contributed by atoms with Crippen LogP contribution in [0.2, 0.25) is 0 Å². The van der Waals surface area contributed by atoms with E-state index in [0.29, 0.717) is 5.57 Å². The SMILES string of the molecule is CC.CC.[CH-]=CC(=[CH-])C.[CH-]=CC=[C-]C.[W+2].[W+2]. The maximum Gasteiger partial charge on any atom is 2.00 e. The number of hydrogen-bond acceptors (Lipinski definition) is 0. The van der Waals surface area contributed by atoms with Crippen LogP contribution in [0, 0.1) is 25.8 Å². The van der Waals surface area contributed by atoms with E-state index in [4.69, 9.17) is 19.7 Å². The summed E-state index contributed by atoms with van der Waals surface area (Å²) in [6.07, 6.45) is 7.17. The Morgan fingerprint density at radius 3 is 1.25 bits per heavy atom. The van der Waals surface area contributed by atoms with E-state index in [1.807, 2.05) is 27.7 Å². The van der Waals surface area contributed by atoms with Crippen LogP contribution in [-0.2, 0) is 42.1 Å². The van der Waals surface area contributed by atoms with Crippen LogP contribution in [0.3, 0.4) is 0 Å². The second-order valence-corrected chi connectivity index (χ2v) is 1.56. The van der Waals surface area contributed by atoms with E-state index in [-0.39, 0.29) is 42.1 Å². The quantitative estimate of drug-likeness (QED) is 0.338. The molecule has 0 aromatic carbocycles. The largest absolute Gasteiger partial charge is 2.00 e. The van der Waals surface area contributed by atoms with Gasteiger partial charge in [0, 0.05) is 0 Å². The molecule has 0 N–H and O–H groups in total. The van der Waals surface area contributed by atoms with Gasteiger partial charge in [-0.05, 0) is 0 Å². The summed E-state index contributed by atoms with van der Waals surface area (Å²) in [5.74, 6) is 0. The van der Waals surface area contributed by atoms with Crippen LogP contribution in [0.5, 0.6) is 0 Å². The van der Waals surface area contributed by atoms with Crippen LogP contribution in [0.4, 0.5) is 0 Å². The zero-order valence-electron chi connectivity index (χ0n) is 11.3. The van der Waals surface area contributed by atoms with Gasteiger partial charge in [-0.1, -0.05) is 27.7 Å². The minimum atomic E-state index is 0. The van der Waals surface area contributed by atoms with Gasteiger partial charge in [0.15, 0.2) is 0 Å². The van der Waals surface area contributed by atoms with Crippen molar-refractivity contribution in [2.45, 2.75) is 41.5 Å². The van der Waals surface area contributed by atoms with Crippen molar-refractivity contribution in [1.82, 2.24) is 0 Å². The third-order valence-electron chi connectivity index (χ3n) is 0.526. The Bertz CT molecular complexity index is 136. The van der Waals surface area contributed by atoms with Gasteiger partial charge < -0.3 is 49.6 Å². The summed E-state index contributed by atoms with van der Waals surface area (Å²) in [5.41, 5.74) is 0.657. The Morgan fingerprint density at radius 1 is 1.00 bits per heavy atom. The van der Waals surface area contributed by atoms with Gasteiger partial charge in [0.25, 0.3) is 0 Å². The summed E-state index contributed by atoms with van der Waals surface area (Å²) in [5, 5.41) is 0. The first kappa shape index (κ1) is 36.0. The molecule has 0 nitrogen and oxygen atoms in total. The zero-order valence-corrected chi connectivity index (χ0v) is 17.1. The summed E-state index contributed by atoms with van der Waals surface area (Å²) in [4.78, 5) is 0. The summed E-state index contributed by atoms with van der Waals surface area (Å²) in [6.45, 7) is 26.3. The molecule has 0 atom stereocenters. The van der Waals surface area contributed by atoms with Gasteiger partial charge in [-0.2, -0.15) is 0 Å². The average molecular weight is 560 g/mol. The molecule has 0 bridgehead atoms. The Balaban J connectivity index is -0.0000000218. The molecular weight excluding hydrogens is 536 g/mol. The van der Waals surface area contributed by atoms with Crippen molar-refractivity contribution < 1.29 is 42.1 Å². The van der Waals surface area contributed by atoms with E-state index in [1.165, 1.54) is 12.2 Å². The number of hydrogen-bond donors (Lipinski definition) is 0. The van der Waals surface area contributed by atoms with Gasteiger partial charge in [-0.25, -0.2) is 0 Å². The van der Waals surface area contributed by atoms with Crippen LogP contribution in [0.25, 0.3) is 0 Å². The minimum Gasteiger partial charge on any atom is -0.394 e. The monoisotopic (exact) mass is 560 g/mol. The molecule has 0 heterocycles. The van der Waals surface area contributed by atoms with Crippen molar-refractivity contribution in [3.8, 4) is 0 Å². The molecule has 0 fully saturated rings. The first-order valence-electron chi connectivity index (χ1n) is 4.87. The van der Waals surface area contributed by atoms with Crippen LogP contribution in [0.15, 0.2) is 23.8 Å². The van der Waals surface area contributed by atoms with Crippen molar-refractivity contribution in [2.24, 2.45) is 0 Å². The van der Waals surface area contributed by atoms with Crippen molar-refractivity contribution in [1.29, 1.82) is 0 Å². The second kappa shape index (κ2) is 58.6. The van der Waals surface area contributed by atoms with Gasteiger partial charge in [0.05, 0.1) is 0 Å². The molecule has 0 unspecified atom stereocenters. The molecule has 0 saturated carbocycles. The third kappa shape index (κ3) is 136. The van der Waals surface area contributed by atoms with Crippen LogP contribution < -0.4 is 0 Å². The average Bonchev–Trinajstić information content (AvgIpc) is 2.26. The van der Waals surface area contributed by atoms with Crippen LogP contribution in [-0.4, -0.2) is 0 Å². The predicted octanol–water partition coefficient (Wildman–Crippen LogP) is 4.76. The van der Waals surface area contributed by atoms with E-state index in [0.717, 1.165) is 0 Å².